The second kappa shape index (κ2) is 12.7. The lowest BCUT2D eigenvalue weighted by Crippen LogP contribution is -2.60. The maximum Gasteiger partial charge on any atom is 0.469 e. The minimum Gasteiger partial charge on any atom is -0.463 e. The van der Waals surface area contributed by atoms with Gasteiger partial charge in [-0.2, -0.15) is 17.6 Å². The van der Waals surface area contributed by atoms with Crippen molar-refractivity contribution in [2.24, 2.45) is 0 Å². The van der Waals surface area contributed by atoms with Crippen LogP contribution in [-0.2, 0) is 31.4 Å². The molecule has 0 aliphatic heterocycles. The maximum absolute atomic E-state index is 13.4. The van der Waals surface area contributed by atoms with Gasteiger partial charge in [0.1, 0.15) is 0 Å². The summed E-state index contributed by atoms with van der Waals surface area (Å²) in [5.41, 5.74) is 0. The fraction of sp³-hybridized carbons (Fsp3) is 0.789. The van der Waals surface area contributed by atoms with Crippen molar-refractivity contribution in [2.75, 3.05) is 6.61 Å². The van der Waals surface area contributed by atoms with Gasteiger partial charge in [0.2, 0.25) is 0 Å². The molecule has 1 atom stereocenters. The summed E-state index contributed by atoms with van der Waals surface area (Å²) in [7, 11) is -9.54. The number of esters is 2. The van der Waals surface area contributed by atoms with Crippen molar-refractivity contribution >= 4 is 45.7 Å². The van der Waals surface area contributed by atoms with Crippen molar-refractivity contribution in [1.29, 1.82) is 0 Å². The maximum atomic E-state index is 13.4. The van der Waals surface area contributed by atoms with Crippen LogP contribution in [0.5, 0.6) is 0 Å². The van der Waals surface area contributed by atoms with Crippen molar-refractivity contribution < 1.29 is 57.8 Å². The molecule has 0 rings (SSSR count). The van der Waals surface area contributed by atoms with Crippen LogP contribution in [0.25, 0.3) is 0 Å². The minimum absolute atomic E-state index is 0.0702. The number of carbonyl (C=O) groups is 2. The van der Waals surface area contributed by atoms with E-state index in [2.05, 4.69) is 4.74 Å². The molecule has 0 aromatic rings. The van der Waals surface area contributed by atoms with Gasteiger partial charge in [0.15, 0.2) is 25.0 Å². The first-order chi connectivity index (χ1) is 15.8. The summed E-state index contributed by atoms with van der Waals surface area (Å²) >= 11 is 0. The summed E-state index contributed by atoms with van der Waals surface area (Å²) in [6.07, 6.45) is -10.2. The lowest BCUT2D eigenvalue weighted by atomic mass is 10.3. The summed E-state index contributed by atoms with van der Waals surface area (Å²) in [6, 6.07) is 0.329. The smallest absolute Gasteiger partial charge is 0.463 e. The van der Waals surface area contributed by atoms with Crippen LogP contribution in [0.2, 0.25) is 65.0 Å². The lowest BCUT2D eigenvalue weighted by molar-refractivity contribution is -0.354. The molecule has 0 aromatic carbocycles. The molecule has 17 heteroatoms. The van der Waals surface area contributed by atoms with E-state index in [1.807, 2.05) is 58.9 Å². The van der Waals surface area contributed by atoms with Gasteiger partial charge in [-0.1, -0.05) is 0 Å². The Kier molecular flexibility index (Phi) is 12.4. The highest BCUT2D eigenvalue weighted by Gasteiger charge is 2.66. The van der Waals surface area contributed by atoms with Gasteiger partial charge >= 0.3 is 39.2 Å². The quantitative estimate of drug-likeness (QED) is 0.0793. The SMILES string of the molecule is C[Si](C)(C)O[Si](CCCOC(=O)C=CC(=O)OC(F)(C(F)F)C(F)(F)F)(O[Si](C)(C)C)O[Si](C)(C)C. The summed E-state index contributed by atoms with van der Waals surface area (Å²) in [6.45, 7) is 17.8. The molecule has 0 bridgehead atoms. The average Bonchev–Trinajstić information content (AvgIpc) is 2.57. The number of rotatable bonds is 14. The summed E-state index contributed by atoms with van der Waals surface area (Å²) < 4.78 is 103. The van der Waals surface area contributed by atoms with E-state index in [0.717, 1.165) is 0 Å². The minimum atomic E-state index is -6.17. The molecule has 1 unspecified atom stereocenters. The third kappa shape index (κ3) is 13.5. The van der Waals surface area contributed by atoms with Crippen LogP contribution in [0.4, 0.5) is 26.3 Å². The number of halogens is 6. The van der Waals surface area contributed by atoms with E-state index in [9.17, 15) is 35.9 Å². The monoisotopic (exact) mass is 602 g/mol. The van der Waals surface area contributed by atoms with Crippen molar-refractivity contribution in [3.8, 4) is 0 Å². The van der Waals surface area contributed by atoms with Crippen LogP contribution >= 0.6 is 0 Å². The molecule has 0 aromatic heterocycles. The molecule has 0 saturated carbocycles. The van der Waals surface area contributed by atoms with Crippen LogP contribution in [0.1, 0.15) is 6.42 Å². The molecule has 0 amide bonds. The van der Waals surface area contributed by atoms with E-state index in [-0.39, 0.29) is 19.1 Å². The van der Waals surface area contributed by atoms with Crippen molar-refractivity contribution in [3.05, 3.63) is 12.2 Å². The Morgan fingerprint density at radius 1 is 0.750 bits per heavy atom. The second-order valence-electron chi connectivity index (χ2n) is 10.8. The van der Waals surface area contributed by atoms with E-state index < -0.39 is 64.2 Å². The van der Waals surface area contributed by atoms with Crippen LogP contribution in [0.15, 0.2) is 12.2 Å². The molecule has 0 heterocycles. The zero-order valence-corrected chi connectivity index (χ0v) is 26.0. The zero-order chi connectivity index (χ0) is 28.8. The summed E-state index contributed by atoms with van der Waals surface area (Å²) in [5, 5.41) is 0. The molecule has 0 spiro atoms. The van der Waals surface area contributed by atoms with Crippen molar-refractivity contribution in [1.82, 2.24) is 0 Å². The molecule has 0 saturated heterocycles. The first-order valence-electron chi connectivity index (χ1n) is 11.0. The van der Waals surface area contributed by atoms with Gasteiger partial charge in [-0.25, -0.2) is 18.4 Å². The Bertz CT molecular complexity index is 735. The normalized spacial score (nSPS) is 15.8. The largest absolute Gasteiger partial charge is 0.469 e. The van der Waals surface area contributed by atoms with Gasteiger partial charge in [-0.05, 0) is 65.3 Å². The van der Waals surface area contributed by atoms with E-state index in [4.69, 9.17) is 17.1 Å². The molecule has 212 valence electrons. The lowest BCUT2D eigenvalue weighted by Gasteiger charge is -2.42. The van der Waals surface area contributed by atoms with E-state index in [1.54, 1.807) is 0 Å². The van der Waals surface area contributed by atoms with E-state index in [1.165, 1.54) is 0 Å². The zero-order valence-electron chi connectivity index (χ0n) is 22.0. The van der Waals surface area contributed by atoms with Gasteiger partial charge in [-0.3, -0.25) is 0 Å². The Labute approximate surface area is 212 Å². The number of carbonyl (C=O) groups excluding carboxylic acids is 2. The van der Waals surface area contributed by atoms with Crippen LogP contribution in [-0.4, -0.2) is 70.8 Å². The predicted molar refractivity (Wildman–Crippen MR) is 131 cm³/mol. The fourth-order valence-electron chi connectivity index (χ4n) is 2.67. The molecule has 36 heavy (non-hydrogen) atoms. The van der Waals surface area contributed by atoms with E-state index in [0.29, 0.717) is 12.1 Å². The predicted octanol–water partition coefficient (Wildman–Crippen LogP) is 6.01. The third-order valence-electron chi connectivity index (χ3n) is 3.53. The molecule has 0 radical (unpaired) electrons. The first kappa shape index (κ1) is 35.0. The highest BCUT2D eigenvalue weighted by atomic mass is 28.5. The van der Waals surface area contributed by atoms with Crippen LogP contribution in [0.3, 0.4) is 0 Å². The molecular formula is C19H36F6O7Si4. The highest BCUT2D eigenvalue weighted by Crippen LogP contribution is 2.40. The van der Waals surface area contributed by atoms with Gasteiger partial charge in [-0.15, -0.1) is 0 Å². The average molecular weight is 603 g/mol. The Hall–Kier alpha value is -0.992. The highest BCUT2D eigenvalue weighted by molar-refractivity contribution is 6.90. The molecule has 7 nitrogen and oxygen atoms in total. The molecule has 0 aliphatic rings. The van der Waals surface area contributed by atoms with Crippen molar-refractivity contribution in [3.63, 3.8) is 0 Å². The second-order valence-corrected chi connectivity index (χ2v) is 27.8. The molecule has 0 aliphatic carbocycles. The standard InChI is InChI=1S/C19H36F6O7Si4/c1-33(2,3)30-36(31-34(4,5)6,32-35(7,8)9)14-10-13-28-15(26)11-12-16(27)29-18(22,17(20)21)19(23,24)25/h11-12,17H,10,13-14H2,1-9H3. The molecule has 0 N–H and O–H groups in total. The van der Waals surface area contributed by atoms with Gasteiger partial charge in [0.25, 0.3) is 0 Å². The third-order valence-corrected chi connectivity index (χ3v) is 15.6. The number of hydrogen-bond acceptors (Lipinski definition) is 7. The van der Waals surface area contributed by atoms with Crippen LogP contribution < -0.4 is 0 Å². The number of alkyl halides is 6. The van der Waals surface area contributed by atoms with Crippen molar-refractivity contribution in [2.45, 2.75) is 89.8 Å². The Morgan fingerprint density at radius 3 is 1.47 bits per heavy atom. The summed E-state index contributed by atoms with van der Waals surface area (Å²) in [4.78, 5) is 23.2. The van der Waals surface area contributed by atoms with Gasteiger partial charge < -0.3 is 21.8 Å². The van der Waals surface area contributed by atoms with Crippen LogP contribution in [0, 0.1) is 0 Å². The Balaban J connectivity index is 5.24. The fourth-order valence-corrected chi connectivity index (χ4v) is 17.3. The molecule has 0 fully saturated rings. The number of ether oxygens (including phenoxy) is 2. The van der Waals surface area contributed by atoms with E-state index >= 15 is 0 Å². The van der Waals surface area contributed by atoms with Gasteiger partial charge in [0.05, 0.1) is 6.61 Å². The summed E-state index contributed by atoms with van der Waals surface area (Å²) in [5.74, 6) is -8.81. The Morgan fingerprint density at radius 2 is 1.14 bits per heavy atom. The first-order valence-corrected chi connectivity index (χ1v) is 23.2. The van der Waals surface area contributed by atoms with Gasteiger partial charge in [0, 0.05) is 18.2 Å². The number of hydrogen-bond donors (Lipinski definition) is 0. The molecular weight excluding hydrogens is 567 g/mol. The topological polar surface area (TPSA) is 80.3 Å².